The average molecular weight is 498 g/mol. The van der Waals surface area contributed by atoms with Crippen LogP contribution in [0, 0.1) is 0 Å². The van der Waals surface area contributed by atoms with Crippen molar-refractivity contribution in [1.29, 1.82) is 0 Å². The van der Waals surface area contributed by atoms with E-state index in [2.05, 4.69) is 27.2 Å². The SMILES string of the molecule is COc1ccc(C(=O)NCC(c2cccs2)c2c[nH]c3ccccc23)cc1S(=O)(=O)NC(C)C. The summed E-state index contributed by atoms with van der Waals surface area (Å²) >= 11 is 1.63. The Morgan fingerprint density at radius 1 is 1.12 bits per heavy atom. The number of rotatable bonds is 9. The van der Waals surface area contributed by atoms with Crippen LogP contribution < -0.4 is 14.8 Å². The molecule has 9 heteroatoms. The molecule has 0 aliphatic carbocycles. The van der Waals surface area contributed by atoms with Gasteiger partial charge >= 0.3 is 0 Å². The Kier molecular flexibility index (Phi) is 7.06. The Morgan fingerprint density at radius 2 is 1.91 bits per heavy atom. The molecular weight excluding hydrogens is 470 g/mol. The fourth-order valence-electron chi connectivity index (χ4n) is 3.93. The lowest BCUT2D eigenvalue weighted by Crippen LogP contribution is -2.31. The summed E-state index contributed by atoms with van der Waals surface area (Å²) in [5, 5.41) is 6.11. The van der Waals surface area contributed by atoms with Crippen molar-refractivity contribution < 1.29 is 17.9 Å². The Hall–Kier alpha value is -3.14. The number of H-pyrrole nitrogens is 1. The first-order valence-electron chi connectivity index (χ1n) is 10.9. The first kappa shape index (κ1) is 24.0. The smallest absolute Gasteiger partial charge is 0.251 e. The third kappa shape index (κ3) is 5.01. The maximum Gasteiger partial charge on any atom is 0.251 e. The number of hydrogen-bond acceptors (Lipinski definition) is 5. The quantitative estimate of drug-likeness (QED) is 0.317. The van der Waals surface area contributed by atoms with Crippen molar-refractivity contribution in [3.05, 3.63) is 82.2 Å². The van der Waals surface area contributed by atoms with Crippen molar-refractivity contribution in [2.24, 2.45) is 0 Å². The van der Waals surface area contributed by atoms with Gasteiger partial charge in [-0.05, 0) is 55.1 Å². The molecule has 1 unspecified atom stereocenters. The van der Waals surface area contributed by atoms with E-state index < -0.39 is 10.0 Å². The topological polar surface area (TPSA) is 100 Å². The number of carbonyl (C=O) groups excluding carboxylic acids is 1. The predicted molar refractivity (Wildman–Crippen MR) is 135 cm³/mol. The predicted octanol–water partition coefficient (Wildman–Crippen LogP) is 4.49. The molecule has 34 heavy (non-hydrogen) atoms. The van der Waals surface area contributed by atoms with Crippen molar-refractivity contribution in [2.75, 3.05) is 13.7 Å². The molecule has 4 aromatic rings. The zero-order valence-electron chi connectivity index (χ0n) is 19.2. The van der Waals surface area contributed by atoms with Gasteiger partial charge in [0.2, 0.25) is 10.0 Å². The molecular formula is C25H27N3O4S2. The number of benzene rings is 2. The van der Waals surface area contributed by atoms with Crippen LogP contribution in [0.25, 0.3) is 10.9 Å². The van der Waals surface area contributed by atoms with Crippen LogP contribution >= 0.6 is 11.3 Å². The number of sulfonamides is 1. The summed E-state index contributed by atoms with van der Waals surface area (Å²) in [7, 11) is -2.44. The van der Waals surface area contributed by atoms with Crippen molar-refractivity contribution in [1.82, 2.24) is 15.0 Å². The van der Waals surface area contributed by atoms with Gasteiger partial charge in [-0.3, -0.25) is 4.79 Å². The van der Waals surface area contributed by atoms with Gasteiger partial charge in [0.25, 0.3) is 5.91 Å². The highest BCUT2D eigenvalue weighted by atomic mass is 32.2. The third-order valence-electron chi connectivity index (χ3n) is 5.46. The van der Waals surface area contributed by atoms with E-state index in [1.807, 2.05) is 35.8 Å². The summed E-state index contributed by atoms with van der Waals surface area (Å²) in [6.45, 7) is 3.82. The molecule has 2 heterocycles. The summed E-state index contributed by atoms with van der Waals surface area (Å²) < 4.78 is 33.3. The second-order valence-electron chi connectivity index (χ2n) is 8.21. The highest BCUT2D eigenvalue weighted by Crippen LogP contribution is 2.33. The Balaban J connectivity index is 1.61. The van der Waals surface area contributed by atoms with Crippen molar-refractivity contribution in [3.8, 4) is 5.75 Å². The molecule has 2 aromatic heterocycles. The lowest BCUT2D eigenvalue weighted by atomic mass is 9.96. The molecule has 0 saturated heterocycles. The van der Waals surface area contributed by atoms with Crippen LogP contribution in [0.15, 0.2) is 71.1 Å². The lowest BCUT2D eigenvalue weighted by Gasteiger charge is -2.17. The standard InChI is InChI=1S/C25H27N3O4S2/c1-16(2)28-34(30,31)24-13-17(10-11-22(24)32-3)25(29)27-15-20(23-9-6-12-33-23)19-14-26-21-8-5-4-7-18(19)21/h4-14,16,20,26,28H,15H2,1-3H3,(H,27,29). The number of hydrogen-bond donors (Lipinski definition) is 3. The van der Waals surface area contributed by atoms with Gasteiger partial charge in [0.1, 0.15) is 10.6 Å². The first-order chi connectivity index (χ1) is 16.3. The zero-order chi connectivity index (χ0) is 24.3. The fraction of sp³-hybridized carbons (Fsp3) is 0.240. The molecule has 178 valence electrons. The molecule has 7 nitrogen and oxygen atoms in total. The number of aromatic amines is 1. The second-order valence-corrected chi connectivity index (χ2v) is 10.9. The number of para-hydroxylation sites is 1. The summed E-state index contributed by atoms with van der Waals surface area (Å²) in [5.74, 6) is -0.228. The van der Waals surface area contributed by atoms with E-state index in [0.29, 0.717) is 6.54 Å². The van der Waals surface area contributed by atoms with Crippen LogP contribution in [0.5, 0.6) is 5.75 Å². The highest BCUT2D eigenvalue weighted by molar-refractivity contribution is 7.89. The molecule has 0 spiro atoms. The van der Waals surface area contributed by atoms with Gasteiger partial charge in [-0.2, -0.15) is 0 Å². The van der Waals surface area contributed by atoms with Gasteiger partial charge in [-0.1, -0.05) is 24.3 Å². The summed E-state index contributed by atoms with van der Waals surface area (Å²) in [5.41, 5.74) is 2.37. The molecule has 3 N–H and O–H groups in total. The van der Waals surface area contributed by atoms with Crippen molar-refractivity contribution >= 4 is 38.2 Å². The van der Waals surface area contributed by atoms with E-state index in [1.165, 1.54) is 19.2 Å². The maximum absolute atomic E-state index is 13.1. The highest BCUT2D eigenvalue weighted by Gasteiger charge is 2.24. The number of aromatic nitrogens is 1. The molecule has 4 rings (SSSR count). The number of fused-ring (bicyclic) bond motifs is 1. The largest absolute Gasteiger partial charge is 0.495 e. The molecule has 0 fully saturated rings. The van der Waals surface area contributed by atoms with Gasteiger partial charge in [0.15, 0.2) is 0 Å². The zero-order valence-corrected chi connectivity index (χ0v) is 20.8. The fourth-order valence-corrected chi connectivity index (χ4v) is 6.23. The molecule has 1 atom stereocenters. The van der Waals surface area contributed by atoms with Gasteiger partial charge in [-0.15, -0.1) is 11.3 Å². The van der Waals surface area contributed by atoms with Gasteiger partial charge < -0.3 is 15.0 Å². The normalized spacial score (nSPS) is 12.7. The van der Waals surface area contributed by atoms with Crippen LogP contribution in [0.3, 0.4) is 0 Å². The minimum Gasteiger partial charge on any atom is -0.495 e. The molecule has 0 aliphatic rings. The number of ether oxygens (including phenoxy) is 1. The van der Waals surface area contributed by atoms with Crippen LogP contribution in [0.4, 0.5) is 0 Å². The monoisotopic (exact) mass is 497 g/mol. The van der Waals surface area contributed by atoms with Crippen LogP contribution in [-0.4, -0.2) is 39.0 Å². The number of methoxy groups -OCH3 is 1. The van der Waals surface area contributed by atoms with Gasteiger partial charge in [-0.25, -0.2) is 13.1 Å². The van der Waals surface area contributed by atoms with Crippen LogP contribution in [0.1, 0.15) is 40.6 Å². The molecule has 2 aromatic carbocycles. The molecule has 0 saturated carbocycles. The molecule has 0 aliphatic heterocycles. The van der Waals surface area contributed by atoms with E-state index >= 15 is 0 Å². The number of amides is 1. The lowest BCUT2D eigenvalue weighted by molar-refractivity contribution is 0.0952. The van der Waals surface area contributed by atoms with E-state index in [1.54, 1.807) is 31.3 Å². The number of thiophene rings is 1. The maximum atomic E-state index is 13.1. The van der Waals surface area contributed by atoms with Gasteiger partial charge in [0, 0.05) is 46.0 Å². The van der Waals surface area contributed by atoms with Crippen LogP contribution in [0.2, 0.25) is 0 Å². The Labute approximate surface area is 203 Å². The average Bonchev–Trinajstić information content (AvgIpc) is 3.49. The second kappa shape index (κ2) is 10.0. The van der Waals surface area contributed by atoms with E-state index in [4.69, 9.17) is 4.74 Å². The van der Waals surface area contributed by atoms with E-state index in [9.17, 15) is 13.2 Å². The van der Waals surface area contributed by atoms with Crippen LogP contribution in [-0.2, 0) is 10.0 Å². The minimum atomic E-state index is -3.84. The minimum absolute atomic E-state index is 0.0517. The first-order valence-corrected chi connectivity index (χ1v) is 13.2. The Morgan fingerprint density at radius 3 is 2.62 bits per heavy atom. The summed E-state index contributed by atoms with van der Waals surface area (Å²) in [6, 6.07) is 16.2. The van der Waals surface area contributed by atoms with Gasteiger partial charge in [0.05, 0.1) is 7.11 Å². The molecule has 0 bridgehead atoms. The Bertz CT molecular complexity index is 1390. The van der Waals surface area contributed by atoms with E-state index in [0.717, 1.165) is 21.3 Å². The van der Waals surface area contributed by atoms with E-state index in [-0.39, 0.29) is 34.1 Å². The number of carbonyl (C=O) groups is 1. The third-order valence-corrected chi connectivity index (χ3v) is 8.12. The van der Waals surface area contributed by atoms with Crippen molar-refractivity contribution in [2.45, 2.75) is 30.7 Å². The summed E-state index contributed by atoms with van der Waals surface area (Å²) in [6.07, 6.45) is 1.98. The number of nitrogens with one attached hydrogen (secondary N) is 3. The summed E-state index contributed by atoms with van der Waals surface area (Å²) in [4.78, 5) is 17.4. The van der Waals surface area contributed by atoms with Crippen molar-refractivity contribution in [3.63, 3.8) is 0 Å². The molecule has 1 amide bonds. The molecule has 0 radical (unpaired) electrons.